The molecule has 0 saturated carbocycles. The molecule has 8 heteroatoms. The zero-order valence-corrected chi connectivity index (χ0v) is 16.4. The molecule has 0 fully saturated rings. The summed E-state index contributed by atoms with van der Waals surface area (Å²) in [6.45, 7) is 4.06. The highest BCUT2D eigenvalue weighted by atomic mass is 16.5. The Balaban J connectivity index is 1.53. The van der Waals surface area contributed by atoms with Gasteiger partial charge in [-0.3, -0.25) is 9.59 Å². The van der Waals surface area contributed by atoms with Gasteiger partial charge in [0.2, 0.25) is 0 Å². The maximum Gasteiger partial charge on any atom is 0.338 e. The zero-order valence-electron chi connectivity index (χ0n) is 16.4. The lowest BCUT2D eigenvalue weighted by atomic mass is 10.1. The number of carbonyl (C=O) groups is 3. The second-order valence-corrected chi connectivity index (χ2v) is 6.64. The molecule has 0 unspecified atom stereocenters. The van der Waals surface area contributed by atoms with Crippen LogP contribution in [0, 0.1) is 6.92 Å². The Labute approximate surface area is 172 Å². The first-order valence-corrected chi connectivity index (χ1v) is 9.33. The van der Waals surface area contributed by atoms with E-state index in [2.05, 4.69) is 5.16 Å². The number of esters is 1. The predicted octanol–water partition coefficient (Wildman–Crippen LogP) is 3.54. The summed E-state index contributed by atoms with van der Waals surface area (Å²) < 4.78 is 15.5. The number of fused-ring (bicyclic) bond motifs is 1. The van der Waals surface area contributed by atoms with Crippen molar-refractivity contribution < 1.29 is 28.4 Å². The van der Waals surface area contributed by atoms with Crippen LogP contribution in [0.1, 0.15) is 49.5 Å². The first-order chi connectivity index (χ1) is 14.5. The molecular weight excluding hydrogens is 388 g/mol. The van der Waals surface area contributed by atoms with E-state index in [0.717, 1.165) is 4.90 Å². The van der Waals surface area contributed by atoms with Crippen molar-refractivity contribution in [2.75, 3.05) is 11.5 Å². The number of carbonyl (C=O) groups excluding carboxylic acids is 3. The normalized spacial score (nSPS) is 12.8. The summed E-state index contributed by atoms with van der Waals surface area (Å²) >= 11 is 0. The molecule has 8 nitrogen and oxygen atoms in total. The van der Waals surface area contributed by atoms with Crippen molar-refractivity contribution in [1.82, 2.24) is 5.16 Å². The summed E-state index contributed by atoms with van der Waals surface area (Å²) in [6, 6.07) is 12.6. The Morgan fingerprint density at radius 1 is 1.03 bits per heavy atom. The average Bonchev–Trinajstić information content (AvgIpc) is 3.28. The number of aromatic nitrogens is 1. The monoisotopic (exact) mass is 406 g/mol. The lowest BCUT2D eigenvalue weighted by Gasteiger charge is -2.14. The molecule has 1 aliphatic rings. The molecule has 0 bridgehead atoms. The van der Waals surface area contributed by atoms with Crippen molar-refractivity contribution in [2.45, 2.75) is 20.5 Å². The van der Waals surface area contributed by atoms with Crippen LogP contribution in [0.5, 0.6) is 5.75 Å². The molecular formula is C22H18N2O6. The smallest absolute Gasteiger partial charge is 0.338 e. The Morgan fingerprint density at radius 2 is 1.77 bits per heavy atom. The first-order valence-electron chi connectivity index (χ1n) is 9.33. The highest BCUT2D eigenvalue weighted by Crippen LogP contribution is 2.30. The summed E-state index contributed by atoms with van der Waals surface area (Å²) in [5.41, 5.74) is 1.46. The molecule has 1 aliphatic heterocycles. The van der Waals surface area contributed by atoms with E-state index in [1.54, 1.807) is 37.3 Å². The van der Waals surface area contributed by atoms with Crippen LogP contribution in [0.2, 0.25) is 0 Å². The Morgan fingerprint density at radius 3 is 2.43 bits per heavy atom. The van der Waals surface area contributed by atoms with Gasteiger partial charge in [-0.25, -0.2) is 9.69 Å². The Kier molecular flexibility index (Phi) is 5.05. The van der Waals surface area contributed by atoms with E-state index in [-0.39, 0.29) is 23.3 Å². The van der Waals surface area contributed by atoms with Gasteiger partial charge in [-0.1, -0.05) is 5.16 Å². The molecule has 0 radical (unpaired) electrons. The zero-order chi connectivity index (χ0) is 21.3. The molecule has 1 aromatic heterocycles. The van der Waals surface area contributed by atoms with E-state index in [9.17, 15) is 14.4 Å². The number of rotatable bonds is 6. The van der Waals surface area contributed by atoms with Crippen molar-refractivity contribution >= 4 is 23.5 Å². The molecule has 0 N–H and O–H groups in total. The van der Waals surface area contributed by atoms with Crippen molar-refractivity contribution in [3.63, 3.8) is 0 Å². The standard InChI is InChI=1S/C22H18N2O6/c1-3-28-17-7-5-16(6-8-17)24-20(25)18-9-4-14(11-19(18)21(24)26)22(27)29-12-15-10-13(2)30-23-15/h4-11H,3,12H2,1-2H3. The van der Waals surface area contributed by atoms with Crippen LogP contribution < -0.4 is 9.64 Å². The van der Waals surface area contributed by atoms with Crippen molar-refractivity contribution in [2.24, 2.45) is 0 Å². The third kappa shape index (κ3) is 3.55. The van der Waals surface area contributed by atoms with Gasteiger partial charge >= 0.3 is 5.97 Å². The molecule has 2 heterocycles. The van der Waals surface area contributed by atoms with Gasteiger partial charge in [0.05, 0.1) is 29.0 Å². The van der Waals surface area contributed by atoms with Crippen LogP contribution in [-0.2, 0) is 11.3 Å². The molecule has 3 aromatic rings. The SMILES string of the molecule is CCOc1ccc(N2C(=O)c3ccc(C(=O)OCc4cc(C)on4)cc3C2=O)cc1. The number of hydrogen-bond donors (Lipinski definition) is 0. The summed E-state index contributed by atoms with van der Waals surface area (Å²) in [6.07, 6.45) is 0. The number of ether oxygens (including phenoxy) is 2. The lowest BCUT2D eigenvalue weighted by Crippen LogP contribution is -2.29. The molecule has 0 spiro atoms. The topological polar surface area (TPSA) is 98.9 Å². The van der Waals surface area contributed by atoms with Gasteiger partial charge in [0, 0.05) is 6.07 Å². The number of hydrogen-bond acceptors (Lipinski definition) is 7. The van der Waals surface area contributed by atoms with Gasteiger partial charge in [0.25, 0.3) is 11.8 Å². The first kappa shape index (κ1) is 19.4. The number of nitrogens with zero attached hydrogens (tertiary/aromatic N) is 2. The second kappa shape index (κ2) is 7.82. The van der Waals surface area contributed by atoms with Crippen LogP contribution >= 0.6 is 0 Å². The highest BCUT2D eigenvalue weighted by molar-refractivity contribution is 6.34. The van der Waals surface area contributed by atoms with Gasteiger partial charge in [0.1, 0.15) is 23.8 Å². The largest absolute Gasteiger partial charge is 0.494 e. The van der Waals surface area contributed by atoms with Crippen molar-refractivity contribution in [3.05, 3.63) is 76.7 Å². The van der Waals surface area contributed by atoms with E-state index in [1.165, 1.54) is 18.2 Å². The molecule has 2 aromatic carbocycles. The fourth-order valence-electron chi connectivity index (χ4n) is 3.17. The Hall–Kier alpha value is -3.94. The maximum absolute atomic E-state index is 12.9. The molecule has 152 valence electrons. The highest BCUT2D eigenvalue weighted by Gasteiger charge is 2.37. The lowest BCUT2D eigenvalue weighted by molar-refractivity contribution is 0.0464. The molecule has 0 aliphatic carbocycles. The number of benzene rings is 2. The minimum absolute atomic E-state index is 0.0571. The van der Waals surface area contributed by atoms with Crippen molar-refractivity contribution in [1.29, 1.82) is 0 Å². The predicted molar refractivity (Wildman–Crippen MR) is 106 cm³/mol. The minimum Gasteiger partial charge on any atom is -0.494 e. The number of aryl methyl sites for hydroxylation is 1. The summed E-state index contributed by atoms with van der Waals surface area (Å²) in [7, 11) is 0. The summed E-state index contributed by atoms with van der Waals surface area (Å²) in [4.78, 5) is 39.1. The van der Waals surface area contributed by atoms with E-state index in [4.69, 9.17) is 14.0 Å². The van der Waals surface area contributed by atoms with Crippen molar-refractivity contribution in [3.8, 4) is 5.75 Å². The van der Waals surface area contributed by atoms with Crippen LogP contribution in [0.3, 0.4) is 0 Å². The molecule has 0 saturated heterocycles. The molecule has 2 amide bonds. The van der Waals surface area contributed by atoms with Crippen LogP contribution in [0.25, 0.3) is 0 Å². The third-order valence-corrected chi connectivity index (χ3v) is 4.56. The average molecular weight is 406 g/mol. The minimum atomic E-state index is -0.627. The van der Waals surface area contributed by atoms with E-state index in [1.807, 2.05) is 6.92 Å². The van der Waals surface area contributed by atoms with Gasteiger partial charge in [-0.15, -0.1) is 0 Å². The van der Waals surface area contributed by atoms with Gasteiger partial charge < -0.3 is 14.0 Å². The summed E-state index contributed by atoms with van der Waals surface area (Å²) in [5, 5.41) is 3.76. The number of anilines is 1. The van der Waals surface area contributed by atoms with E-state index < -0.39 is 17.8 Å². The molecule has 30 heavy (non-hydrogen) atoms. The fourth-order valence-corrected chi connectivity index (χ4v) is 3.17. The van der Waals surface area contributed by atoms with Crippen LogP contribution in [0.4, 0.5) is 5.69 Å². The third-order valence-electron chi connectivity index (χ3n) is 4.56. The van der Waals surface area contributed by atoms with E-state index >= 15 is 0 Å². The second-order valence-electron chi connectivity index (χ2n) is 6.64. The molecule has 0 atom stereocenters. The van der Waals surface area contributed by atoms with Crippen LogP contribution in [-0.4, -0.2) is 29.5 Å². The van der Waals surface area contributed by atoms with Gasteiger partial charge in [0.15, 0.2) is 0 Å². The fraction of sp³-hybridized carbons (Fsp3) is 0.182. The van der Waals surface area contributed by atoms with E-state index in [0.29, 0.717) is 29.5 Å². The maximum atomic E-state index is 12.9. The summed E-state index contributed by atoms with van der Waals surface area (Å²) in [5.74, 6) is -0.321. The van der Waals surface area contributed by atoms with Crippen LogP contribution in [0.15, 0.2) is 53.1 Å². The quantitative estimate of drug-likeness (QED) is 0.456. The van der Waals surface area contributed by atoms with Gasteiger partial charge in [-0.05, 0) is 56.3 Å². The number of imide groups is 1. The molecule has 4 rings (SSSR count). The number of amides is 2. The van der Waals surface area contributed by atoms with Gasteiger partial charge in [-0.2, -0.15) is 0 Å². The Bertz CT molecular complexity index is 1130.